The van der Waals surface area contributed by atoms with E-state index >= 15 is 0 Å². The lowest BCUT2D eigenvalue weighted by Gasteiger charge is -2.15. The molecular formula is C67H45N5O4. The van der Waals surface area contributed by atoms with Crippen LogP contribution in [0.1, 0.15) is 31.8 Å². The van der Waals surface area contributed by atoms with Crippen LogP contribution in [0, 0.1) is 0 Å². The van der Waals surface area contributed by atoms with Gasteiger partial charge in [-0.15, -0.1) is 0 Å². The van der Waals surface area contributed by atoms with E-state index in [9.17, 15) is 9.59 Å². The predicted molar refractivity (Wildman–Crippen MR) is 301 cm³/mol. The SMILES string of the molecule is O=C(OCc1ccccc1)c1ccc2c(c1)c1cc(C(=O)OCc3ccccc3)ccc1n2-c1ccccc1-c1nc(-c2ccccc2)nc(-n2c3ccc(-c4ccccc4)cc3c3cc(-c4ccccc4)ccc32)n1. The number of rotatable bonds is 12. The summed E-state index contributed by atoms with van der Waals surface area (Å²) in [5.74, 6) is 0.488. The molecule has 10 aromatic carbocycles. The Morgan fingerprint density at radius 1 is 0.342 bits per heavy atom. The van der Waals surface area contributed by atoms with Crippen molar-refractivity contribution in [3.63, 3.8) is 0 Å². The van der Waals surface area contributed by atoms with Crippen LogP contribution in [0.15, 0.2) is 249 Å². The molecule has 3 heterocycles. The van der Waals surface area contributed by atoms with Gasteiger partial charge in [0.05, 0.1) is 38.9 Å². The molecule has 0 aliphatic carbocycles. The van der Waals surface area contributed by atoms with E-state index in [0.717, 1.165) is 93.8 Å². The molecular weight excluding hydrogens is 939 g/mol. The van der Waals surface area contributed by atoms with Crippen molar-refractivity contribution in [3.05, 3.63) is 271 Å². The third-order valence-corrected chi connectivity index (χ3v) is 13.9. The Labute approximate surface area is 437 Å². The van der Waals surface area contributed by atoms with Gasteiger partial charge >= 0.3 is 11.9 Å². The average Bonchev–Trinajstić information content (AvgIpc) is 4.00. The molecule has 9 heteroatoms. The van der Waals surface area contributed by atoms with Crippen LogP contribution in [0.2, 0.25) is 0 Å². The Bertz CT molecular complexity index is 4100. The number of carbonyl (C=O) groups is 2. The van der Waals surface area contributed by atoms with Crippen LogP contribution in [0.3, 0.4) is 0 Å². The van der Waals surface area contributed by atoms with Crippen molar-refractivity contribution in [3.8, 4) is 56.7 Å². The molecule has 0 radical (unpaired) electrons. The van der Waals surface area contributed by atoms with Crippen LogP contribution >= 0.6 is 0 Å². The van der Waals surface area contributed by atoms with Crippen molar-refractivity contribution in [1.82, 2.24) is 24.1 Å². The first-order valence-corrected chi connectivity index (χ1v) is 25.1. The van der Waals surface area contributed by atoms with Gasteiger partial charge in [0.25, 0.3) is 0 Å². The van der Waals surface area contributed by atoms with Crippen LogP contribution in [-0.4, -0.2) is 36.0 Å². The summed E-state index contributed by atoms with van der Waals surface area (Å²) in [6.45, 7) is 0.252. The highest BCUT2D eigenvalue weighted by Gasteiger charge is 2.24. The number of nitrogens with zero attached hydrogens (tertiary/aromatic N) is 5. The van der Waals surface area contributed by atoms with Crippen molar-refractivity contribution in [2.75, 3.05) is 0 Å². The zero-order valence-corrected chi connectivity index (χ0v) is 41.0. The van der Waals surface area contributed by atoms with Gasteiger partial charge in [0.1, 0.15) is 13.2 Å². The molecule has 76 heavy (non-hydrogen) atoms. The van der Waals surface area contributed by atoms with Gasteiger partial charge in [0.15, 0.2) is 11.6 Å². The average molecular weight is 984 g/mol. The molecule has 0 fully saturated rings. The Morgan fingerprint density at radius 2 is 0.737 bits per heavy atom. The largest absolute Gasteiger partial charge is 0.457 e. The van der Waals surface area contributed by atoms with Gasteiger partial charge in [0.2, 0.25) is 5.95 Å². The minimum atomic E-state index is -0.464. The first-order chi connectivity index (χ1) is 37.5. The summed E-state index contributed by atoms with van der Waals surface area (Å²) < 4.78 is 15.9. The van der Waals surface area contributed by atoms with Crippen molar-refractivity contribution < 1.29 is 19.1 Å². The Balaban J connectivity index is 0.992. The lowest BCUT2D eigenvalue weighted by Crippen LogP contribution is -2.08. The van der Waals surface area contributed by atoms with E-state index in [1.54, 1.807) is 12.1 Å². The molecule has 13 aromatic rings. The summed E-state index contributed by atoms with van der Waals surface area (Å²) in [5, 5.41) is 3.62. The number of para-hydroxylation sites is 1. The van der Waals surface area contributed by atoms with E-state index in [2.05, 4.69) is 94.1 Å². The number of hydrogen-bond acceptors (Lipinski definition) is 7. The van der Waals surface area contributed by atoms with Crippen LogP contribution in [-0.2, 0) is 22.7 Å². The second-order valence-corrected chi connectivity index (χ2v) is 18.6. The molecule has 0 bridgehead atoms. The minimum Gasteiger partial charge on any atom is -0.457 e. The van der Waals surface area contributed by atoms with Gasteiger partial charge in [-0.2, -0.15) is 9.97 Å². The van der Waals surface area contributed by atoms with Gasteiger partial charge in [-0.3, -0.25) is 4.57 Å². The van der Waals surface area contributed by atoms with E-state index in [0.29, 0.717) is 28.7 Å². The summed E-state index contributed by atoms with van der Waals surface area (Å²) in [6, 6.07) is 82.3. The lowest BCUT2D eigenvalue weighted by atomic mass is 10.0. The molecule has 0 atom stereocenters. The van der Waals surface area contributed by atoms with Gasteiger partial charge in [-0.1, -0.05) is 176 Å². The lowest BCUT2D eigenvalue weighted by molar-refractivity contribution is 0.0464. The molecule has 0 N–H and O–H groups in total. The van der Waals surface area contributed by atoms with Gasteiger partial charge in [-0.25, -0.2) is 14.6 Å². The minimum absolute atomic E-state index is 0.126. The smallest absolute Gasteiger partial charge is 0.338 e. The molecule has 9 nitrogen and oxygen atoms in total. The van der Waals surface area contributed by atoms with Crippen molar-refractivity contribution >= 4 is 55.6 Å². The fourth-order valence-corrected chi connectivity index (χ4v) is 10.2. The van der Waals surface area contributed by atoms with Crippen molar-refractivity contribution in [2.24, 2.45) is 0 Å². The van der Waals surface area contributed by atoms with Crippen molar-refractivity contribution in [1.29, 1.82) is 0 Å². The molecule has 0 unspecified atom stereocenters. The number of benzene rings is 10. The van der Waals surface area contributed by atoms with Gasteiger partial charge in [0, 0.05) is 32.7 Å². The van der Waals surface area contributed by atoms with Crippen molar-refractivity contribution in [2.45, 2.75) is 13.2 Å². The summed E-state index contributed by atoms with van der Waals surface area (Å²) >= 11 is 0. The van der Waals surface area contributed by atoms with Gasteiger partial charge in [-0.05, 0) is 106 Å². The molecule has 0 saturated carbocycles. The number of ether oxygens (including phenoxy) is 2. The number of aromatic nitrogens is 5. The second kappa shape index (κ2) is 19.6. The Morgan fingerprint density at radius 3 is 1.24 bits per heavy atom. The zero-order chi connectivity index (χ0) is 51.0. The summed E-state index contributed by atoms with van der Waals surface area (Å²) in [5.41, 5.74) is 12.8. The fraction of sp³-hybridized carbons (Fsp3) is 0.0299. The summed E-state index contributed by atoms with van der Waals surface area (Å²) in [4.78, 5) is 43.6. The molecule has 0 aliphatic heterocycles. The zero-order valence-electron chi connectivity index (χ0n) is 41.0. The van der Waals surface area contributed by atoms with E-state index in [-0.39, 0.29) is 13.2 Å². The molecule has 0 spiro atoms. The molecule has 0 amide bonds. The molecule has 362 valence electrons. The monoisotopic (exact) mass is 983 g/mol. The normalized spacial score (nSPS) is 11.4. The topological polar surface area (TPSA) is 101 Å². The molecule has 13 rings (SSSR count). The maximum atomic E-state index is 13.8. The second-order valence-electron chi connectivity index (χ2n) is 18.6. The summed E-state index contributed by atoms with van der Waals surface area (Å²) in [6.07, 6.45) is 0. The maximum Gasteiger partial charge on any atom is 0.338 e. The van der Waals surface area contributed by atoms with E-state index in [1.165, 1.54) is 0 Å². The van der Waals surface area contributed by atoms with Crippen LogP contribution < -0.4 is 0 Å². The number of hydrogen-bond donors (Lipinski definition) is 0. The van der Waals surface area contributed by atoms with Crippen LogP contribution in [0.25, 0.3) is 100 Å². The molecule has 0 saturated heterocycles. The first kappa shape index (κ1) is 45.6. The Hall–Kier alpha value is -10.3. The fourth-order valence-electron chi connectivity index (χ4n) is 10.2. The van der Waals surface area contributed by atoms with E-state index < -0.39 is 11.9 Å². The Kier molecular flexibility index (Phi) is 11.8. The standard InChI is InChI=1S/C67H45N5O4/c73-65(75-42-44-18-6-1-7-19-44)51-32-36-59-56(40-51)57-41-52(66(74)76-43-45-20-8-2-9-21-45)33-37-60(57)71(59)58-29-17-16-28-53(58)64-68-63(48-26-14-5-15-27-48)69-67(70-64)72-61-34-30-49(46-22-10-3-11-23-46)38-54(61)55-39-50(31-35-62(55)72)47-24-12-4-13-25-47/h1-41H,42-43H2. The van der Waals surface area contributed by atoms with Crippen LogP contribution in [0.5, 0.6) is 0 Å². The highest BCUT2D eigenvalue weighted by atomic mass is 16.5. The quantitative estimate of drug-likeness (QED) is 0.112. The third-order valence-electron chi connectivity index (χ3n) is 13.9. The number of carbonyl (C=O) groups excluding carboxylic acids is 2. The predicted octanol–water partition coefficient (Wildman–Crippen LogP) is 15.4. The highest BCUT2D eigenvalue weighted by Crippen LogP contribution is 2.40. The maximum absolute atomic E-state index is 13.8. The molecule has 3 aromatic heterocycles. The van der Waals surface area contributed by atoms with E-state index in [4.69, 9.17) is 24.4 Å². The number of fused-ring (bicyclic) bond motifs is 6. The highest BCUT2D eigenvalue weighted by molar-refractivity contribution is 6.14. The van der Waals surface area contributed by atoms with Crippen LogP contribution in [0.4, 0.5) is 0 Å². The summed E-state index contributed by atoms with van der Waals surface area (Å²) in [7, 11) is 0. The van der Waals surface area contributed by atoms with Gasteiger partial charge < -0.3 is 14.0 Å². The number of esters is 2. The molecule has 0 aliphatic rings. The first-order valence-electron chi connectivity index (χ1n) is 25.1. The third kappa shape index (κ3) is 8.61. The van der Waals surface area contributed by atoms with E-state index in [1.807, 2.05) is 152 Å².